The van der Waals surface area contributed by atoms with Gasteiger partial charge in [-0.3, -0.25) is 0 Å². The highest BCUT2D eigenvalue weighted by atomic mass is 79.9. The second-order valence-corrected chi connectivity index (χ2v) is 5.20. The highest BCUT2D eigenvalue weighted by Crippen LogP contribution is 2.32. The lowest BCUT2D eigenvalue weighted by Crippen LogP contribution is -2.01. The Morgan fingerprint density at radius 2 is 2.21 bits per heavy atom. The van der Waals surface area contributed by atoms with Crippen molar-refractivity contribution in [3.63, 3.8) is 0 Å². The molecule has 1 aliphatic carbocycles. The van der Waals surface area contributed by atoms with Crippen molar-refractivity contribution < 1.29 is 4.74 Å². The van der Waals surface area contributed by atoms with Gasteiger partial charge >= 0.3 is 0 Å². The van der Waals surface area contributed by atoms with Gasteiger partial charge in [-0.1, -0.05) is 0 Å². The molecule has 0 aromatic carbocycles. The molecule has 0 atom stereocenters. The second-order valence-electron chi connectivity index (χ2n) is 3.60. The molecule has 0 bridgehead atoms. The first-order valence-corrected chi connectivity index (χ1v) is 6.21. The first kappa shape index (κ1) is 10.4. The van der Waals surface area contributed by atoms with E-state index in [0.717, 1.165) is 33.0 Å². The number of aromatic nitrogens is 1. The summed E-state index contributed by atoms with van der Waals surface area (Å²) in [7, 11) is 0. The Morgan fingerprint density at radius 1 is 1.50 bits per heavy atom. The van der Waals surface area contributed by atoms with Crippen LogP contribution >= 0.6 is 31.9 Å². The third-order valence-corrected chi connectivity index (χ3v) is 3.99. The third kappa shape index (κ3) is 2.48. The lowest BCUT2D eigenvalue weighted by Gasteiger charge is -2.08. The molecule has 0 aliphatic heterocycles. The van der Waals surface area contributed by atoms with Gasteiger partial charge in [0.1, 0.15) is 10.4 Å². The molecule has 0 amide bonds. The summed E-state index contributed by atoms with van der Waals surface area (Å²) in [5.41, 5.74) is 0.931. The Labute approximate surface area is 100 Å². The number of pyridine rings is 1. The van der Waals surface area contributed by atoms with Gasteiger partial charge in [0.15, 0.2) is 0 Å². The van der Waals surface area contributed by atoms with Gasteiger partial charge in [0.25, 0.3) is 0 Å². The van der Waals surface area contributed by atoms with Crippen LogP contribution in [0.1, 0.15) is 18.5 Å². The van der Waals surface area contributed by atoms with E-state index in [0.29, 0.717) is 0 Å². The monoisotopic (exact) mass is 319 g/mol. The van der Waals surface area contributed by atoms with Crippen molar-refractivity contribution in [1.29, 1.82) is 0 Å². The lowest BCUT2D eigenvalue weighted by molar-refractivity contribution is 0.296. The maximum atomic E-state index is 5.68. The molecule has 4 heteroatoms. The molecule has 0 saturated heterocycles. The summed E-state index contributed by atoms with van der Waals surface area (Å²) in [5.74, 6) is 1.66. The Bertz CT molecular complexity index is 350. The average Bonchev–Trinajstić information content (AvgIpc) is 2.92. The van der Waals surface area contributed by atoms with Crippen molar-refractivity contribution in [2.75, 3.05) is 6.61 Å². The number of nitrogens with zero attached hydrogens (tertiary/aromatic N) is 1. The van der Waals surface area contributed by atoms with Crippen LogP contribution in [0.3, 0.4) is 0 Å². The maximum Gasteiger partial charge on any atom is 0.141 e. The highest BCUT2D eigenvalue weighted by Gasteiger charge is 2.22. The Balaban J connectivity index is 2.10. The molecule has 2 rings (SSSR count). The minimum atomic E-state index is 0.775. The van der Waals surface area contributed by atoms with Crippen molar-refractivity contribution in [1.82, 2.24) is 4.98 Å². The smallest absolute Gasteiger partial charge is 0.141 e. The van der Waals surface area contributed by atoms with Crippen LogP contribution in [0.25, 0.3) is 0 Å². The normalized spacial score (nSPS) is 15.6. The molecule has 0 N–H and O–H groups in total. The van der Waals surface area contributed by atoms with Crippen molar-refractivity contribution >= 4 is 31.9 Å². The van der Waals surface area contributed by atoms with Crippen LogP contribution in [0.2, 0.25) is 0 Å². The van der Waals surface area contributed by atoms with E-state index in [9.17, 15) is 0 Å². The van der Waals surface area contributed by atoms with Crippen LogP contribution in [0.5, 0.6) is 5.75 Å². The van der Waals surface area contributed by atoms with Gasteiger partial charge in [0, 0.05) is 0 Å². The molecule has 0 spiro atoms. The van der Waals surface area contributed by atoms with E-state index in [-0.39, 0.29) is 0 Å². The minimum Gasteiger partial charge on any atom is -0.491 e. The average molecular weight is 321 g/mol. The summed E-state index contributed by atoms with van der Waals surface area (Å²) in [6.07, 6.45) is 2.62. The zero-order valence-corrected chi connectivity index (χ0v) is 11.1. The topological polar surface area (TPSA) is 22.1 Å². The Morgan fingerprint density at radius 3 is 2.86 bits per heavy atom. The Hall–Kier alpha value is -0.0900. The van der Waals surface area contributed by atoms with Gasteiger partial charge in [-0.05, 0) is 63.6 Å². The van der Waals surface area contributed by atoms with Crippen LogP contribution in [0, 0.1) is 12.8 Å². The van der Waals surface area contributed by atoms with Gasteiger partial charge < -0.3 is 4.74 Å². The van der Waals surface area contributed by atoms with E-state index in [1.165, 1.54) is 12.8 Å². The number of ether oxygens (including phenoxy) is 1. The Kier molecular flexibility index (Phi) is 3.12. The quantitative estimate of drug-likeness (QED) is 0.792. The molecule has 1 saturated carbocycles. The van der Waals surface area contributed by atoms with E-state index < -0.39 is 0 Å². The van der Waals surface area contributed by atoms with Crippen LogP contribution in [0.15, 0.2) is 15.1 Å². The van der Waals surface area contributed by atoms with Gasteiger partial charge in [0.2, 0.25) is 0 Å². The van der Waals surface area contributed by atoms with Crippen LogP contribution < -0.4 is 4.74 Å². The molecule has 0 unspecified atom stereocenters. The van der Waals surface area contributed by atoms with Gasteiger partial charge in [0.05, 0.1) is 16.8 Å². The van der Waals surface area contributed by atoms with Crippen LogP contribution in [-0.4, -0.2) is 11.6 Å². The molecule has 1 heterocycles. The van der Waals surface area contributed by atoms with E-state index >= 15 is 0 Å². The molecule has 1 aromatic heterocycles. The fraction of sp³-hybridized carbons (Fsp3) is 0.500. The highest BCUT2D eigenvalue weighted by molar-refractivity contribution is 9.13. The number of aryl methyl sites for hydroxylation is 1. The fourth-order valence-corrected chi connectivity index (χ4v) is 1.85. The standard InChI is InChI=1S/C10H11Br2NO/c1-6-9(14-5-7-2-3-7)4-8(11)10(12)13-6/h4,7H,2-3,5H2,1H3. The van der Waals surface area contributed by atoms with Crippen molar-refractivity contribution in [2.24, 2.45) is 5.92 Å². The summed E-state index contributed by atoms with van der Waals surface area (Å²) >= 11 is 6.77. The molecular weight excluding hydrogens is 310 g/mol. The fourth-order valence-electron chi connectivity index (χ4n) is 1.17. The molecule has 1 aromatic rings. The predicted octanol–water partition coefficient (Wildman–Crippen LogP) is 3.70. The van der Waals surface area contributed by atoms with E-state index in [1.807, 2.05) is 13.0 Å². The maximum absolute atomic E-state index is 5.68. The lowest BCUT2D eigenvalue weighted by atomic mass is 10.3. The third-order valence-electron chi connectivity index (χ3n) is 2.25. The van der Waals surface area contributed by atoms with Crippen molar-refractivity contribution in [3.8, 4) is 5.75 Å². The first-order chi connectivity index (χ1) is 6.66. The SMILES string of the molecule is Cc1nc(Br)c(Br)cc1OCC1CC1. The van der Waals surface area contributed by atoms with Crippen LogP contribution in [-0.2, 0) is 0 Å². The van der Waals surface area contributed by atoms with Gasteiger partial charge in [-0.25, -0.2) is 4.98 Å². The van der Waals surface area contributed by atoms with E-state index in [1.54, 1.807) is 0 Å². The van der Waals surface area contributed by atoms with Crippen LogP contribution in [0.4, 0.5) is 0 Å². The number of halogens is 2. The minimum absolute atomic E-state index is 0.775. The number of rotatable bonds is 3. The summed E-state index contributed by atoms with van der Waals surface area (Å²) in [6.45, 7) is 2.79. The van der Waals surface area contributed by atoms with Gasteiger partial charge in [-0.2, -0.15) is 0 Å². The summed E-state index contributed by atoms with van der Waals surface area (Å²) in [6, 6.07) is 1.97. The summed E-state index contributed by atoms with van der Waals surface area (Å²) < 4.78 is 7.45. The predicted molar refractivity (Wildman–Crippen MR) is 62.6 cm³/mol. The summed E-state index contributed by atoms with van der Waals surface area (Å²) in [5, 5.41) is 0. The second kappa shape index (κ2) is 4.19. The number of hydrogen-bond acceptors (Lipinski definition) is 2. The molecule has 0 radical (unpaired) electrons. The molecule has 14 heavy (non-hydrogen) atoms. The largest absolute Gasteiger partial charge is 0.491 e. The molecule has 76 valence electrons. The zero-order valence-electron chi connectivity index (χ0n) is 7.89. The molecule has 1 fully saturated rings. The van der Waals surface area contributed by atoms with Crippen molar-refractivity contribution in [3.05, 3.63) is 20.8 Å². The zero-order chi connectivity index (χ0) is 10.1. The number of hydrogen-bond donors (Lipinski definition) is 0. The molecule has 2 nitrogen and oxygen atoms in total. The molecular formula is C10H11Br2NO. The first-order valence-electron chi connectivity index (χ1n) is 4.62. The van der Waals surface area contributed by atoms with Crippen molar-refractivity contribution in [2.45, 2.75) is 19.8 Å². The van der Waals surface area contributed by atoms with E-state index in [2.05, 4.69) is 36.8 Å². The van der Waals surface area contributed by atoms with Gasteiger partial charge in [-0.15, -0.1) is 0 Å². The van der Waals surface area contributed by atoms with E-state index in [4.69, 9.17) is 4.74 Å². The molecule has 1 aliphatic rings. The summed E-state index contributed by atoms with van der Waals surface area (Å²) in [4.78, 5) is 4.32.